The zero-order chi connectivity index (χ0) is 12.4. The number of amides is 1. The molecule has 98 valence electrons. The summed E-state index contributed by atoms with van der Waals surface area (Å²) in [6.07, 6.45) is 4.09. The third kappa shape index (κ3) is 3.19. The normalized spacial score (nSPS) is 34.2. The van der Waals surface area contributed by atoms with Gasteiger partial charge < -0.3 is 15.5 Å². The van der Waals surface area contributed by atoms with Crippen molar-refractivity contribution in [2.45, 2.75) is 31.7 Å². The summed E-state index contributed by atoms with van der Waals surface area (Å²) in [4.78, 5) is 16.5. The summed E-state index contributed by atoms with van der Waals surface area (Å²) in [5.74, 6) is 1.16. The SMILES string of the molecule is CN1CCC(CN(C)C(=O)C2CCC(N)C2)C1. The van der Waals surface area contributed by atoms with Gasteiger partial charge in [-0.2, -0.15) is 0 Å². The van der Waals surface area contributed by atoms with Gasteiger partial charge >= 0.3 is 0 Å². The molecular weight excluding hydrogens is 214 g/mol. The molecule has 2 rings (SSSR count). The van der Waals surface area contributed by atoms with Crippen LogP contribution in [0.1, 0.15) is 25.7 Å². The molecule has 1 saturated carbocycles. The largest absolute Gasteiger partial charge is 0.345 e. The first-order valence-electron chi connectivity index (χ1n) is 6.75. The maximum atomic E-state index is 12.2. The average Bonchev–Trinajstić information content (AvgIpc) is 2.87. The van der Waals surface area contributed by atoms with Crippen molar-refractivity contribution in [2.24, 2.45) is 17.6 Å². The highest BCUT2D eigenvalue weighted by Gasteiger charge is 2.31. The first-order valence-corrected chi connectivity index (χ1v) is 6.75. The van der Waals surface area contributed by atoms with E-state index in [0.717, 1.165) is 32.4 Å². The smallest absolute Gasteiger partial charge is 0.225 e. The monoisotopic (exact) mass is 239 g/mol. The quantitative estimate of drug-likeness (QED) is 0.781. The van der Waals surface area contributed by atoms with Gasteiger partial charge in [0.2, 0.25) is 5.91 Å². The lowest BCUT2D eigenvalue weighted by Crippen LogP contribution is -2.36. The van der Waals surface area contributed by atoms with E-state index in [1.807, 2.05) is 11.9 Å². The van der Waals surface area contributed by atoms with E-state index in [-0.39, 0.29) is 12.0 Å². The summed E-state index contributed by atoms with van der Waals surface area (Å²) >= 11 is 0. The Bertz CT molecular complexity index is 282. The highest BCUT2D eigenvalue weighted by Crippen LogP contribution is 2.26. The topological polar surface area (TPSA) is 49.6 Å². The molecule has 2 N–H and O–H groups in total. The fraction of sp³-hybridized carbons (Fsp3) is 0.923. The predicted molar refractivity (Wildman–Crippen MR) is 68.6 cm³/mol. The Morgan fingerprint density at radius 2 is 2.18 bits per heavy atom. The van der Waals surface area contributed by atoms with Crippen LogP contribution in [0.5, 0.6) is 0 Å². The van der Waals surface area contributed by atoms with Gasteiger partial charge in [-0.25, -0.2) is 0 Å². The molecule has 0 radical (unpaired) electrons. The third-order valence-electron chi connectivity index (χ3n) is 4.22. The minimum absolute atomic E-state index is 0.189. The van der Waals surface area contributed by atoms with Crippen LogP contribution >= 0.6 is 0 Å². The van der Waals surface area contributed by atoms with Crippen molar-refractivity contribution in [3.63, 3.8) is 0 Å². The summed E-state index contributed by atoms with van der Waals surface area (Å²) in [6.45, 7) is 3.21. The van der Waals surface area contributed by atoms with Gasteiger partial charge in [0.05, 0.1) is 0 Å². The van der Waals surface area contributed by atoms with E-state index in [1.54, 1.807) is 0 Å². The molecule has 4 heteroatoms. The van der Waals surface area contributed by atoms with E-state index < -0.39 is 0 Å². The van der Waals surface area contributed by atoms with Crippen LogP contribution in [0.2, 0.25) is 0 Å². The average molecular weight is 239 g/mol. The Balaban J connectivity index is 1.79. The minimum atomic E-state index is 0.189. The summed E-state index contributed by atoms with van der Waals surface area (Å²) < 4.78 is 0. The van der Waals surface area contributed by atoms with Gasteiger partial charge in [0.25, 0.3) is 0 Å². The van der Waals surface area contributed by atoms with Crippen LogP contribution in [-0.4, -0.2) is 55.5 Å². The second-order valence-corrected chi connectivity index (χ2v) is 5.91. The number of likely N-dealkylation sites (tertiary alicyclic amines) is 1. The van der Waals surface area contributed by atoms with Crippen molar-refractivity contribution in [3.05, 3.63) is 0 Å². The first kappa shape index (κ1) is 12.8. The molecule has 0 bridgehead atoms. The van der Waals surface area contributed by atoms with Crippen LogP contribution < -0.4 is 5.73 Å². The van der Waals surface area contributed by atoms with E-state index >= 15 is 0 Å². The van der Waals surface area contributed by atoms with Crippen molar-refractivity contribution in [1.29, 1.82) is 0 Å². The van der Waals surface area contributed by atoms with Crippen molar-refractivity contribution < 1.29 is 4.79 Å². The van der Waals surface area contributed by atoms with Crippen molar-refractivity contribution in [3.8, 4) is 0 Å². The lowest BCUT2D eigenvalue weighted by atomic mass is 10.0. The Hall–Kier alpha value is -0.610. The lowest BCUT2D eigenvalue weighted by molar-refractivity contribution is -0.134. The molecule has 1 heterocycles. The van der Waals surface area contributed by atoms with Gasteiger partial charge in [0.15, 0.2) is 0 Å². The fourth-order valence-electron chi connectivity index (χ4n) is 3.20. The number of nitrogens with zero attached hydrogens (tertiary/aromatic N) is 2. The Labute approximate surface area is 104 Å². The van der Waals surface area contributed by atoms with E-state index in [9.17, 15) is 4.79 Å². The number of carbonyl (C=O) groups excluding carboxylic acids is 1. The van der Waals surface area contributed by atoms with Crippen LogP contribution in [0.25, 0.3) is 0 Å². The zero-order valence-electron chi connectivity index (χ0n) is 11.1. The number of carbonyl (C=O) groups is 1. The molecule has 1 amide bonds. The third-order valence-corrected chi connectivity index (χ3v) is 4.22. The van der Waals surface area contributed by atoms with Crippen LogP contribution in [0.15, 0.2) is 0 Å². The zero-order valence-corrected chi connectivity index (χ0v) is 11.1. The predicted octanol–water partition coefficient (Wildman–Crippen LogP) is 0.524. The maximum absolute atomic E-state index is 12.2. The second kappa shape index (κ2) is 5.36. The van der Waals surface area contributed by atoms with Gasteiger partial charge in [-0.15, -0.1) is 0 Å². The van der Waals surface area contributed by atoms with Crippen LogP contribution in [-0.2, 0) is 4.79 Å². The van der Waals surface area contributed by atoms with Crippen molar-refractivity contribution in [1.82, 2.24) is 9.80 Å². The molecule has 2 fully saturated rings. The molecule has 1 aliphatic carbocycles. The molecule has 1 aliphatic heterocycles. The molecule has 0 spiro atoms. The molecule has 4 nitrogen and oxygen atoms in total. The van der Waals surface area contributed by atoms with Gasteiger partial charge in [-0.05, 0) is 45.2 Å². The van der Waals surface area contributed by atoms with Crippen molar-refractivity contribution >= 4 is 5.91 Å². The highest BCUT2D eigenvalue weighted by molar-refractivity contribution is 5.79. The summed E-state index contributed by atoms with van der Waals surface area (Å²) in [5, 5.41) is 0. The van der Waals surface area contributed by atoms with Gasteiger partial charge in [0.1, 0.15) is 0 Å². The second-order valence-electron chi connectivity index (χ2n) is 5.91. The standard InChI is InChI=1S/C13H25N3O/c1-15-6-5-10(8-15)9-16(2)13(17)11-3-4-12(14)7-11/h10-12H,3-9,14H2,1-2H3. The lowest BCUT2D eigenvalue weighted by Gasteiger charge is -2.24. The first-order chi connectivity index (χ1) is 8.06. The van der Waals surface area contributed by atoms with Gasteiger partial charge in [0, 0.05) is 32.1 Å². The molecule has 0 aromatic heterocycles. The number of rotatable bonds is 3. The molecule has 1 saturated heterocycles. The molecule has 2 aliphatic rings. The fourth-order valence-corrected chi connectivity index (χ4v) is 3.20. The summed E-state index contributed by atoms with van der Waals surface area (Å²) in [5.41, 5.74) is 5.87. The van der Waals surface area contributed by atoms with Gasteiger partial charge in [-0.3, -0.25) is 4.79 Å². The van der Waals surface area contributed by atoms with Gasteiger partial charge in [-0.1, -0.05) is 0 Å². The van der Waals surface area contributed by atoms with E-state index in [4.69, 9.17) is 5.73 Å². The summed E-state index contributed by atoms with van der Waals surface area (Å²) in [7, 11) is 4.10. The van der Waals surface area contributed by atoms with Crippen LogP contribution in [0, 0.1) is 11.8 Å². The number of nitrogens with two attached hydrogens (primary N) is 1. The van der Waals surface area contributed by atoms with E-state index in [1.165, 1.54) is 13.0 Å². The maximum Gasteiger partial charge on any atom is 0.225 e. The molecular formula is C13H25N3O. The van der Waals surface area contributed by atoms with E-state index in [0.29, 0.717) is 11.8 Å². The highest BCUT2D eigenvalue weighted by atomic mass is 16.2. The Morgan fingerprint density at radius 3 is 2.71 bits per heavy atom. The molecule has 3 unspecified atom stereocenters. The van der Waals surface area contributed by atoms with E-state index in [2.05, 4.69) is 11.9 Å². The van der Waals surface area contributed by atoms with Crippen LogP contribution in [0.4, 0.5) is 0 Å². The molecule has 17 heavy (non-hydrogen) atoms. The number of hydrogen-bond acceptors (Lipinski definition) is 3. The van der Waals surface area contributed by atoms with Crippen molar-refractivity contribution in [2.75, 3.05) is 33.7 Å². The van der Waals surface area contributed by atoms with Crippen LogP contribution in [0.3, 0.4) is 0 Å². The molecule has 0 aromatic carbocycles. The number of hydrogen-bond donors (Lipinski definition) is 1. The minimum Gasteiger partial charge on any atom is -0.345 e. The Kier molecular flexibility index (Phi) is 4.05. The Morgan fingerprint density at radius 1 is 1.41 bits per heavy atom. The molecule has 0 aromatic rings. The molecule has 3 atom stereocenters. The summed E-state index contributed by atoms with van der Waals surface area (Å²) in [6, 6.07) is 0.245.